The molecule has 2 N–H and O–H groups in total. The van der Waals surface area contributed by atoms with Crippen molar-refractivity contribution in [1.29, 1.82) is 0 Å². The van der Waals surface area contributed by atoms with Crippen molar-refractivity contribution in [2.45, 2.75) is 38.6 Å². The van der Waals surface area contributed by atoms with Gasteiger partial charge in [-0.25, -0.2) is 8.42 Å². The van der Waals surface area contributed by atoms with Gasteiger partial charge in [0.15, 0.2) is 0 Å². The predicted octanol–water partition coefficient (Wildman–Crippen LogP) is 4.08. The van der Waals surface area contributed by atoms with Crippen LogP contribution >= 0.6 is 11.6 Å². The number of fused-ring (bicyclic) bond motifs is 1. The van der Waals surface area contributed by atoms with Crippen LogP contribution in [0.15, 0.2) is 36.4 Å². The van der Waals surface area contributed by atoms with E-state index in [0.717, 1.165) is 24.7 Å². The summed E-state index contributed by atoms with van der Waals surface area (Å²) >= 11 is 6.15. The van der Waals surface area contributed by atoms with Crippen molar-refractivity contribution < 1.29 is 13.2 Å². The van der Waals surface area contributed by atoms with Gasteiger partial charge < -0.3 is 5.32 Å². The number of sulfonamides is 1. The molecular formula is C20H23ClN2O3S. The second kappa shape index (κ2) is 7.90. The maximum Gasteiger partial charge on any atom is 0.253 e. The fourth-order valence-corrected chi connectivity index (χ4v) is 4.12. The van der Waals surface area contributed by atoms with E-state index in [1.807, 2.05) is 6.92 Å². The van der Waals surface area contributed by atoms with Crippen LogP contribution < -0.4 is 10.0 Å². The molecule has 1 amide bonds. The molecule has 5 nitrogen and oxygen atoms in total. The van der Waals surface area contributed by atoms with Gasteiger partial charge in [0, 0.05) is 5.69 Å². The highest BCUT2D eigenvalue weighted by Crippen LogP contribution is 2.26. The van der Waals surface area contributed by atoms with Crippen LogP contribution in [0.2, 0.25) is 5.02 Å². The number of benzene rings is 2. The molecule has 144 valence electrons. The van der Waals surface area contributed by atoms with Crippen molar-refractivity contribution in [1.82, 2.24) is 5.32 Å². The van der Waals surface area contributed by atoms with Crippen molar-refractivity contribution >= 4 is 33.2 Å². The van der Waals surface area contributed by atoms with E-state index in [1.165, 1.54) is 42.2 Å². The van der Waals surface area contributed by atoms with E-state index in [4.69, 9.17) is 11.6 Å². The molecule has 0 radical (unpaired) electrons. The smallest absolute Gasteiger partial charge is 0.253 e. The Balaban J connectivity index is 1.77. The molecule has 7 heteroatoms. The molecule has 2 aromatic rings. The van der Waals surface area contributed by atoms with Crippen LogP contribution in [-0.4, -0.2) is 20.6 Å². The van der Waals surface area contributed by atoms with Crippen molar-refractivity contribution in [2.24, 2.45) is 0 Å². The molecule has 0 spiro atoms. The SMILES string of the molecule is C[C@@H](NC(=O)c1cc(NS(C)(=O)=O)ccc1Cl)c1ccc2c(c1)CCCC2. The molecule has 0 aliphatic heterocycles. The zero-order chi connectivity index (χ0) is 19.6. The van der Waals surface area contributed by atoms with Gasteiger partial charge in [0.25, 0.3) is 5.91 Å². The van der Waals surface area contributed by atoms with Crippen LogP contribution in [0.5, 0.6) is 0 Å². The Kier molecular flexibility index (Phi) is 5.77. The van der Waals surface area contributed by atoms with Crippen LogP contribution in [0.3, 0.4) is 0 Å². The number of amides is 1. The monoisotopic (exact) mass is 406 g/mol. The molecule has 0 fully saturated rings. The highest BCUT2D eigenvalue weighted by atomic mass is 35.5. The number of rotatable bonds is 5. The minimum absolute atomic E-state index is 0.188. The molecule has 1 atom stereocenters. The first kappa shape index (κ1) is 19.7. The number of anilines is 1. The Bertz CT molecular complexity index is 973. The van der Waals surface area contributed by atoms with Crippen molar-refractivity contribution in [3.63, 3.8) is 0 Å². The fraction of sp³-hybridized carbons (Fsp3) is 0.350. The summed E-state index contributed by atoms with van der Waals surface area (Å²) in [5.41, 5.74) is 4.33. The van der Waals surface area contributed by atoms with E-state index in [9.17, 15) is 13.2 Å². The Morgan fingerprint density at radius 2 is 1.78 bits per heavy atom. The summed E-state index contributed by atoms with van der Waals surface area (Å²) in [6.07, 6.45) is 5.68. The van der Waals surface area contributed by atoms with E-state index in [0.29, 0.717) is 5.69 Å². The van der Waals surface area contributed by atoms with Crippen LogP contribution in [-0.2, 0) is 22.9 Å². The van der Waals surface area contributed by atoms with E-state index in [1.54, 1.807) is 0 Å². The molecule has 0 heterocycles. The van der Waals surface area contributed by atoms with Crippen molar-refractivity contribution in [3.8, 4) is 0 Å². The third-order valence-electron chi connectivity index (χ3n) is 4.73. The third kappa shape index (κ3) is 5.02. The van der Waals surface area contributed by atoms with Gasteiger partial charge in [-0.2, -0.15) is 0 Å². The molecule has 2 aromatic carbocycles. The lowest BCUT2D eigenvalue weighted by molar-refractivity contribution is 0.0940. The zero-order valence-electron chi connectivity index (χ0n) is 15.4. The van der Waals surface area contributed by atoms with E-state index in [-0.39, 0.29) is 22.5 Å². The zero-order valence-corrected chi connectivity index (χ0v) is 17.0. The molecule has 0 saturated carbocycles. The standard InChI is InChI=1S/C20H23ClN2O3S/c1-13(15-8-7-14-5-3-4-6-16(14)11-15)22-20(24)18-12-17(9-10-19(18)21)23-27(2,25)26/h7-13,23H,3-6H2,1-2H3,(H,22,24)/t13-/m1/s1. The fourth-order valence-electron chi connectivity index (χ4n) is 3.36. The molecule has 0 unspecified atom stereocenters. The largest absolute Gasteiger partial charge is 0.345 e. The lowest BCUT2D eigenvalue weighted by Crippen LogP contribution is -2.27. The lowest BCUT2D eigenvalue weighted by Gasteiger charge is -2.20. The van der Waals surface area contributed by atoms with Gasteiger partial charge in [-0.15, -0.1) is 0 Å². The Morgan fingerprint density at radius 1 is 1.07 bits per heavy atom. The topological polar surface area (TPSA) is 75.3 Å². The number of nitrogens with one attached hydrogen (secondary N) is 2. The molecule has 27 heavy (non-hydrogen) atoms. The molecule has 0 bridgehead atoms. The van der Waals surface area contributed by atoms with Gasteiger partial charge in [-0.1, -0.05) is 29.8 Å². The molecule has 0 aromatic heterocycles. The minimum Gasteiger partial charge on any atom is -0.345 e. The first-order chi connectivity index (χ1) is 12.7. The van der Waals surface area contributed by atoms with Crippen molar-refractivity contribution in [3.05, 3.63) is 63.7 Å². The van der Waals surface area contributed by atoms with Gasteiger partial charge in [-0.05, 0) is 67.5 Å². The lowest BCUT2D eigenvalue weighted by atomic mass is 9.89. The number of carbonyl (C=O) groups is 1. The predicted molar refractivity (Wildman–Crippen MR) is 109 cm³/mol. The Labute approximate surface area is 165 Å². The quantitative estimate of drug-likeness (QED) is 0.785. The molecule has 1 aliphatic carbocycles. The summed E-state index contributed by atoms with van der Waals surface area (Å²) in [4.78, 5) is 12.7. The van der Waals surface area contributed by atoms with E-state index >= 15 is 0 Å². The van der Waals surface area contributed by atoms with E-state index in [2.05, 4.69) is 28.2 Å². The maximum absolute atomic E-state index is 12.7. The van der Waals surface area contributed by atoms with Crippen LogP contribution in [0, 0.1) is 0 Å². The molecule has 0 saturated heterocycles. The Morgan fingerprint density at radius 3 is 2.48 bits per heavy atom. The van der Waals surface area contributed by atoms with Crippen LogP contribution in [0.4, 0.5) is 5.69 Å². The summed E-state index contributed by atoms with van der Waals surface area (Å²) in [7, 11) is -3.43. The summed E-state index contributed by atoms with van der Waals surface area (Å²) in [5, 5.41) is 3.22. The molecule has 1 aliphatic rings. The highest BCUT2D eigenvalue weighted by Gasteiger charge is 2.17. The van der Waals surface area contributed by atoms with Gasteiger partial charge in [0.05, 0.1) is 22.9 Å². The van der Waals surface area contributed by atoms with Gasteiger partial charge in [0.2, 0.25) is 10.0 Å². The maximum atomic E-state index is 12.7. The second-order valence-electron chi connectivity index (χ2n) is 7.00. The normalized spacial score (nSPS) is 14.9. The van der Waals surface area contributed by atoms with E-state index < -0.39 is 10.0 Å². The number of hydrogen-bond donors (Lipinski definition) is 2. The number of aryl methyl sites for hydroxylation is 2. The first-order valence-corrected chi connectivity index (χ1v) is 11.2. The molecule has 3 rings (SSSR count). The average molecular weight is 407 g/mol. The van der Waals surface area contributed by atoms with Crippen LogP contribution in [0.25, 0.3) is 0 Å². The minimum atomic E-state index is -3.43. The summed E-state index contributed by atoms with van der Waals surface area (Å²) in [6.45, 7) is 1.93. The average Bonchev–Trinajstić information content (AvgIpc) is 2.61. The summed E-state index contributed by atoms with van der Waals surface area (Å²) < 4.78 is 25.2. The summed E-state index contributed by atoms with van der Waals surface area (Å²) in [5.74, 6) is -0.345. The van der Waals surface area contributed by atoms with Gasteiger partial charge in [0.1, 0.15) is 0 Å². The third-order valence-corrected chi connectivity index (χ3v) is 5.67. The van der Waals surface area contributed by atoms with Crippen molar-refractivity contribution in [2.75, 3.05) is 11.0 Å². The van der Waals surface area contributed by atoms with Gasteiger partial charge in [-0.3, -0.25) is 9.52 Å². The first-order valence-electron chi connectivity index (χ1n) is 8.93. The second-order valence-corrected chi connectivity index (χ2v) is 9.15. The van der Waals surface area contributed by atoms with Gasteiger partial charge >= 0.3 is 0 Å². The molecular weight excluding hydrogens is 384 g/mol. The summed E-state index contributed by atoms with van der Waals surface area (Å²) in [6, 6.07) is 10.7. The number of carbonyl (C=O) groups excluding carboxylic acids is 1. The number of halogens is 1. The highest BCUT2D eigenvalue weighted by molar-refractivity contribution is 7.92. The Hall–Kier alpha value is -2.05. The van der Waals surface area contributed by atoms with Crippen LogP contribution in [0.1, 0.15) is 52.9 Å². The number of hydrogen-bond acceptors (Lipinski definition) is 3.